The zero-order valence-electron chi connectivity index (χ0n) is 17.4. The van der Waals surface area contributed by atoms with Gasteiger partial charge in [0.15, 0.2) is 16.4 Å². The molecule has 0 aromatic heterocycles. The number of hydrogen-bond acceptors (Lipinski definition) is 4. The van der Waals surface area contributed by atoms with Gasteiger partial charge in [-0.25, -0.2) is 8.42 Å². The van der Waals surface area contributed by atoms with Crippen LogP contribution in [0.1, 0.15) is 25.8 Å². The second-order valence-electron chi connectivity index (χ2n) is 8.70. The molecule has 0 saturated carbocycles. The fourth-order valence-corrected chi connectivity index (χ4v) is 6.07. The van der Waals surface area contributed by atoms with Crippen molar-refractivity contribution in [3.05, 3.63) is 29.8 Å². The molecule has 7 heteroatoms. The van der Waals surface area contributed by atoms with Gasteiger partial charge in [0.05, 0.1) is 37.7 Å². The molecule has 0 aliphatic carbocycles. The lowest BCUT2D eigenvalue weighted by Gasteiger charge is -2.36. The van der Waals surface area contributed by atoms with E-state index >= 15 is 0 Å². The van der Waals surface area contributed by atoms with Gasteiger partial charge < -0.3 is 14.7 Å². The maximum atomic E-state index is 13.0. The fourth-order valence-electron chi connectivity index (χ4n) is 4.34. The van der Waals surface area contributed by atoms with Crippen LogP contribution in [0.15, 0.2) is 24.3 Å². The first-order valence-electron chi connectivity index (χ1n) is 10.4. The van der Waals surface area contributed by atoms with E-state index in [-0.39, 0.29) is 23.5 Å². The highest BCUT2D eigenvalue weighted by Crippen LogP contribution is 2.20. The molecule has 2 aliphatic heterocycles. The summed E-state index contributed by atoms with van der Waals surface area (Å²) >= 11 is 0. The number of benzene rings is 1. The lowest BCUT2D eigenvalue weighted by atomic mass is 10.1. The first-order valence-corrected chi connectivity index (χ1v) is 12.2. The summed E-state index contributed by atoms with van der Waals surface area (Å²) in [5.41, 5.74) is 2.57. The number of nitrogens with one attached hydrogen (secondary N) is 1. The average molecular weight is 409 g/mol. The molecule has 0 spiro atoms. The van der Waals surface area contributed by atoms with E-state index in [9.17, 15) is 13.2 Å². The van der Waals surface area contributed by atoms with Crippen LogP contribution in [0.3, 0.4) is 0 Å². The van der Waals surface area contributed by atoms with Crippen LogP contribution in [0.25, 0.3) is 0 Å². The molecule has 0 bridgehead atoms. The van der Waals surface area contributed by atoms with Crippen LogP contribution in [-0.2, 0) is 14.6 Å². The summed E-state index contributed by atoms with van der Waals surface area (Å²) in [6, 6.07) is 8.29. The van der Waals surface area contributed by atoms with E-state index in [0.29, 0.717) is 25.4 Å². The molecule has 28 heavy (non-hydrogen) atoms. The number of piperazine rings is 1. The first-order chi connectivity index (χ1) is 13.2. The lowest BCUT2D eigenvalue weighted by molar-refractivity contribution is -0.892. The fraction of sp³-hybridized carbons (Fsp3) is 0.667. The quantitative estimate of drug-likeness (QED) is 0.739. The highest BCUT2D eigenvalue weighted by atomic mass is 32.2. The molecule has 1 atom stereocenters. The number of para-hydroxylation sites is 1. The highest BCUT2D eigenvalue weighted by molar-refractivity contribution is 7.91. The summed E-state index contributed by atoms with van der Waals surface area (Å²) in [4.78, 5) is 18.6. The molecule has 1 aromatic rings. The summed E-state index contributed by atoms with van der Waals surface area (Å²) in [7, 11) is -2.99. The number of sulfone groups is 1. The summed E-state index contributed by atoms with van der Waals surface area (Å²) in [6.07, 6.45) is 0.581. The van der Waals surface area contributed by atoms with Crippen molar-refractivity contribution >= 4 is 21.4 Å². The average Bonchev–Trinajstić information content (AvgIpc) is 3.00. The van der Waals surface area contributed by atoms with Crippen molar-refractivity contribution in [2.45, 2.75) is 33.2 Å². The molecule has 1 amide bonds. The van der Waals surface area contributed by atoms with Crippen LogP contribution in [0.5, 0.6) is 0 Å². The minimum Gasteiger partial charge on any atom is -0.360 e. The Bertz CT molecular complexity index is 786. The molecule has 2 fully saturated rings. The van der Waals surface area contributed by atoms with Gasteiger partial charge in [-0.2, -0.15) is 0 Å². The van der Waals surface area contributed by atoms with E-state index in [2.05, 4.69) is 49.9 Å². The summed E-state index contributed by atoms with van der Waals surface area (Å²) in [5, 5.41) is 0. The Hall–Kier alpha value is -1.60. The number of anilines is 1. The SMILES string of the molecule is Cc1ccccc1N1CC[NH+](CC(=O)N(CC(C)C)[C@H]2CCS(=O)(=O)C2)CC1. The van der Waals surface area contributed by atoms with Gasteiger partial charge in [-0.05, 0) is 30.9 Å². The first kappa shape index (κ1) is 21.1. The van der Waals surface area contributed by atoms with Gasteiger partial charge in [0.1, 0.15) is 0 Å². The van der Waals surface area contributed by atoms with E-state index in [4.69, 9.17) is 0 Å². The molecule has 156 valence electrons. The van der Waals surface area contributed by atoms with Crippen molar-refractivity contribution in [3.63, 3.8) is 0 Å². The Morgan fingerprint density at radius 2 is 1.93 bits per heavy atom. The minimum atomic E-state index is -2.99. The van der Waals surface area contributed by atoms with Crippen LogP contribution < -0.4 is 9.80 Å². The Balaban J connectivity index is 1.58. The Kier molecular flexibility index (Phi) is 6.65. The van der Waals surface area contributed by atoms with E-state index in [1.807, 2.05) is 4.90 Å². The van der Waals surface area contributed by atoms with Gasteiger partial charge >= 0.3 is 0 Å². The molecule has 2 aliphatic rings. The predicted octanol–water partition coefficient (Wildman–Crippen LogP) is 0.372. The third-order valence-electron chi connectivity index (χ3n) is 5.86. The molecule has 3 rings (SSSR count). The smallest absolute Gasteiger partial charge is 0.278 e. The number of aryl methyl sites for hydroxylation is 1. The van der Waals surface area contributed by atoms with Crippen molar-refractivity contribution in [1.82, 2.24) is 4.90 Å². The van der Waals surface area contributed by atoms with Gasteiger partial charge in [-0.1, -0.05) is 32.0 Å². The van der Waals surface area contributed by atoms with Gasteiger partial charge in [-0.3, -0.25) is 4.79 Å². The van der Waals surface area contributed by atoms with Crippen molar-refractivity contribution in [2.75, 3.05) is 55.7 Å². The number of nitrogens with zero attached hydrogens (tertiary/aromatic N) is 2. The maximum Gasteiger partial charge on any atom is 0.278 e. The number of hydrogen-bond donors (Lipinski definition) is 1. The van der Waals surface area contributed by atoms with Crippen LogP contribution in [0.4, 0.5) is 5.69 Å². The van der Waals surface area contributed by atoms with Crippen molar-refractivity contribution < 1.29 is 18.1 Å². The van der Waals surface area contributed by atoms with Gasteiger partial charge in [0, 0.05) is 18.3 Å². The molecule has 2 heterocycles. The van der Waals surface area contributed by atoms with E-state index < -0.39 is 9.84 Å². The van der Waals surface area contributed by atoms with E-state index in [0.717, 1.165) is 26.2 Å². The second-order valence-corrected chi connectivity index (χ2v) is 10.9. The van der Waals surface area contributed by atoms with Crippen LogP contribution in [-0.4, -0.2) is 76.0 Å². The van der Waals surface area contributed by atoms with Gasteiger partial charge in [-0.15, -0.1) is 0 Å². The summed E-state index contributed by atoms with van der Waals surface area (Å²) in [6.45, 7) is 11.1. The van der Waals surface area contributed by atoms with Crippen molar-refractivity contribution in [2.24, 2.45) is 5.92 Å². The van der Waals surface area contributed by atoms with Crippen molar-refractivity contribution in [3.8, 4) is 0 Å². The van der Waals surface area contributed by atoms with Crippen LogP contribution >= 0.6 is 0 Å². The van der Waals surface area contributed by atoms with Crippen LogP contribution in [0.2, 0.25) is 0 Å². The second kappa shape index (κ2) is 8.82. The molecule has 0 radical (unpaired) electrons. The molecule has 2 saturated heterocycles. The normalized spacial score (nSPS) is 22.6. The molecule has 6 nitrogen and oxygen atoms in total. The topological polar surface area (TPSA) is 62.1 Å². The Labute approximate surface area is 169 Å². The van der Waals surface area contributed by atoms with Gasteiger partial charge in [0.2, 0.25) is 0 Å². The van der Waals surface area contributed by atoms with Crippen molar-refractivity contribution in [1.29, 1.82) is 0 Å². The third-order valence-corrected chi connectivity index (χ3v) is 7.61. The summed E-state index contributed by atoms with van der Waals surface area (Å²) in [5.74, 6) is 0.777. The van der Waals surface area contributed by atoms with Gasteiger partial charge in [0.25, 0.3) is 5.91 Å². The molecule has 1 aromatic carbocycles. The number of carbonyl (C=O) groups is 1. The standard InChI is InChI=1S/C21H33N3O3S/c1-17(2)14-24(19-8-13-28(26,27)16-19)21(25)15-22-9-11-23(12-10-22)20-7-5-4-6-18(20)3/h4-7,17,19H,8-16H2,1-3H3/p+1/t19-/m0/s1. The van der Waals surface area contributed by atoms with Crippen LogP contribution in [0, 0.1) is 12.8 Å². The van der Waals surface area contributed by atoms with E-state index in [1.54, 1.807) is 0 Å². The number of rotatable bonds is 6. The third kappa shape index (κ3) is 5.26. The number of carbonyl (C=O) groups excluding carboxylic acids is 1. The molecular weight excluding hydrogens is 374 g/mol. The molecule has 1 N–H and O–H groups in total. The molecule has 0 unspecified atom stereocenters. The largest absolute Gasteiger partial charge is 0.360 e. The maximum absolute atomic E-state index is 13.0. The predicted molar refractivity (Wildman–Crippen MR) is 113 cm³/mol. The summed E-state index contributed by atoms with van der Waals surface area (Å²) < 4.78 is 23.8. The van der Waals surface area contributed by atoms with E-state index in [1.165, 1.54) is 16.2 Å². The minimum absolute atomic E-state index is 0.107. The number of amides is 1. The monoisotopic (exact) mass is 408 g/mol. The highest BCUT2D eigenvalue weighted by Gasteiger charge is 2.36. The molecular formula is C21H34N3O3S+. The zero-order valence-corrected chi connectivity index (χ0v) is 18.2. The lowest BCUT2D eigenvalue weighted by Crippen LogP contribution is -3.16. The number of quaternary nitrogens is 1. The zero-order chi connectivity index (χ0) is 20.3. The Morgan fingerprint density at radius 1 is 1.25 bits per heavy atom. The Morgan fingerprint density at radius 3 is 2.50 bits per heavy atom.